The molecule has 1 aromatic heterocycles. The van der Waals surface area contributed by atoms with E-state index in [2.05, 4.69) is 4.98 Å². The number of nitrogens with zero attached hydrogens (tertiary/aromatic N) is 1. The maximum absolute atomic E-state index is 11.6. The molecule has 0 fully saturated rings. The van der Waals surface area contributed by atoms with Gasteiger partial charge >= 0.3 is 5.97 Å². The zero-order chi connectivity index (χ0) is 11.8. The van der Waals surface area contributed by atoms with Gasteiger partial charge in [0.25, 0.3) is 0 Å². The van der Waals surface area contributed by atoms with Crippen LogP contribution in [0.2, 0.25) is 0 Å². The van der Waals surface area contributed by atoms with Crippen LogP contribution in [-0.2, 0) is 14.6 Å². The molecule has 0 saturated heterocycles. The summed E-state index contributed by atoms with van der Waals surface area (Å²) in [5, 5.41) is 8.48. The number of sulfone groups is 1. The van der Waals surface area contributed by atoms with Crippen molar-refractivity contribution in [2.45, 2.75) is 4.34 Å². The number of hydrogen-bond donors (Lipinski definition) is 1. The summed E-state index contributed by atoms with van der Waals surface area (Å²) in [6.07, 6.45) is 0. The number of rotatable bonds is 3. The standard InChI is InChI=1S/C9H7NO4S2/c11-8(12)5-16(13,14)9-10-6-3-1-2-4-7(6)15-9/h1-4H,5H2,(H,11,12). The molecule has 0 aliphatic carbocycles. The van der Waals surface area contributed by atoms with Gasteiger partial charge in [0, 0.05) is 0 Å². The zero-order valence-electron chi connectivity index (χ0n) is 7.95. The Labute approximate surface area is 95.3 Å². The fraction of sp³-hybridized carbons (Fsp3) is 0.111. The molecule has 1 N–H and O–H groups in total. The highest BCUT2D eigenvalue weighted by Crippen LogP contribution is 2.25. The number of aliphatic carboxylic acids is 1. The van der Waals surface area contributed by atoms with Crippen LogP contribution in [0.4, 0.5) is 0 Å². The molecule has 0 bridgehead atoms. The predicted octanol–water partition coefficient (Wildman–Crippen LogP) is 1.15. The Morgan fingerprint density at radius 3 is 2.69 bits per heavy atom. The van der Waals surface area contributed by atoms with E-state index in [4.69, 9.17) is 5.11 Å². The number of para-hydroxylation sites is 1. The summed E-state index contributed by atoms with van der Waals surface area (Å²) in [7, 11) is -3.81. The van der Waals surface area contributed by atoms with Crippen LogP contribution in [0, 0.1) is 0 Å². The molecule has 0 amide bonds. The van der Waals surface area contributed by atoms with Crippen molar-refractivity contribution in [3.63, 3.8) is 0 Å². The smallest absolute Gasteiger partial charge is 0.319 e. The summed E-state index contributed by atoms with van der Waals surface area (Å²) in [6.45, 7) is 0. The summed E-state index contributed by atoms with van der Waals surface area (Å²) in [5.74, 6) is -2.30. The number of hydrogen-bond acceptors (Lipinski definition) is 5. The highest BCUT2D eigenvalue weighted by atomic mass is 32.2. The van der Waals surface area contributed by atoms with Crippen LogP contribution in [0.1, 0.15) is 0 Å². The predicted molar refractivity (Wildman–Crippen MR) is 59.3 cm³/mol. The number of carbonyl (C=O) groups is 1. The Bertz CT molecular complexity index is 611. The second-order valence-electron chi connectivity index (χ2n) is 3.10. The van der Waals surface area contributed by atoms with Crippen molar-refractivity contribution in [3.05, 3.63) is 24.3 Å². The molecule has 2 aromatic rings. The van der Waals surface area contributed by atoms with E-state index in [1.165, 1.54) is 0 Å². The summed E-state index contributed by atoms with van der Waals surface area (Å²) in [4.78, 5) is 14.3. The van der Waals surface area contributed by atoms with Gasteiger partial charge in [0.2, 0.25) is 14.2 Å². The average Bonchev–Trinajstić information content (AvgIpc) is 2.59. The minimum absolute atomic E-state index is 0.142. The number of benzene rings is 1. The van der Waals surface area contributed by atoms with Gasteiger partial charge in [-0.25, -0.2) is 13.4 Å². The van der Waals surface area contributed by atoms with Crippen LogP contribution in [-0.4, -0.2) is 30.2 Å². The van der Waals surface area contributed by atoms with E-state index < -0.39 is 21.6 Å². The summed E-state index contributed by atoms with van der Waals surface area (Å²) in [5.41, 5.74) is 0.566. The Kier molecular flexibility index (Phi) is 2.64. The lowest BCUT2D eigenvalue weighted by atomic mass is 10.3. The Balaban J connectivity index is 2.52. The van der Waals surface area contributed by atoms with Gasteiger partial charge < -0.3 is 5.11 Å². The number of carboxylic acid groups (broad SMARTS) is 1. The fourth-order valence-electron chi connectivity index (χ4n) is 1.21. The van der Waals surface area contributed by atoms with E-state index in [9.17, 15) is 13.2 Å². The molecule has 7 heteroatoms. The van der Waals surface area contributed by atoms with Gasteiger partial charge in [0.05, 0.1) is 10.2 Å². The normalized spacial score (nSPS) is 11.8. The van der Waals surface area contributed by atoms with Crippen LogP contribution >= 0.6 is 11.3 Å². The molecule has 0 aliphatic heterocycles. The maximum atomic E-state index is 11.6. The molecule has 0 unspecified atom stereocenters. The molecule has 0 aliphatic rings. The van der Waals surface area contributed by atoms with Gasteiger partial charge in [0.15, 0.2) is 5.75 Å². The van der Waals surface area contributed by atoms with Crippen molar-refractivity contribution >= 4 is 37.4 Å². The average molecular weight is 257 g/mol. The Morgan fingerprint density at radius 2 is 2.06 bits per heavy atom. The van der Waals surface area contributed by atoms with Crippen molar-refractivity contribution in [1.82, 2.24) is 4.98 Å². The van der Waals surface area contributed by atoms with E-state index >= 15 is 0 Å². The first kappa shape index (κ1) is 11.0. The molecule has 1 heterocycles. The SMILES string of the molecule is O=C(O)CS(=O)(=O)c1nc2ccccc2s1. The van der Waals surface area contributed by atoms with Crippen molar-refractivity contribution in [2.75, 3.05) is 5.75 Å². The van der Waals surface area contributed by atoms with E-state index in [1.807, 2.05) is 0 Å². The quantitative estimate of drug-likeness (QED) is 0.891. The van der Waals surface area contributed by atoms with Crippen LogP contribution in [0.15, 0.2) is 28.6 Å². The minimum Gasteiger partial charge on any atom is -0.480 e. The van der Waals surface area contributed by atoms with Gasteiger partial charge in [-0.15, -0.1) is 11.3 Å². The molecular weight excluding hydrogens is 250 g/mol. The molecule has 84 valence electrons. The fourth-order valence-corrected chi connectivity index (χ4v) is 3.55. The Morgan fingerprint density at radius 1 is 1.38 bits per heavy atom. The van der Waals surface area contributed by atoms with E-state index in [0.717, 1.165) is 16.0 Å². The van der Waals surface area contributed by atoms with Crippen molar-refractivity contribution < 1.29 is 18.3 Å². The molecule has 1 aromatic carbocycles. The number of thiazole rings is 1. The second-order valence-corrected chi connectivity index (χ2v) is 6.29. The first-order valence-corrected chi connectivity index (χ1v) is 6.76. The van der Waals surface area contributed by atoms with Crippen LogP contribution < -0.4 is 0 Å². The van der Waals surface area contributed by atoms with Gasteiger partial charge in [-0.05, 0) is 12.1 Å². The highest BCUT2D eigenvalue weighted by molar-refractivity contribution is 7.94. The molecule has 0 spiro atoms. The lowest BCUT2D eigenvalue weighted by molar-refractivity contribution is -0.134. The molecule has 5 nitrogen and oxygen atoms in total. The first-order chi connectivity index (χ1) is 7.49. The largest absolute Gasteiger partial charge is 0.480 e. The molecular formula is C9H7NO4S2. The number of fused-ring (bicyclic) bond motifs is 1. The van der Waals surface area contributed by atoms with Gasteiger partial charge in [-0.3, -0.25) is 4.79 Å². The number of carboxylic acids is 1. The van der Waals surface area contributed by atoms with Crippen LogP contribution in [0.5, 0.6) is 0 Å². The van der Waals surface area contributed by atoms with Crippen molar-refractivity contribution in [2.24, 2.45) is 0 Å². The third-order valence-electron chi connectivity index (χ3n) is 1.85. The highest BCUT2D eigenvalue weighted by Gasteiger charge is 2.22. The molecule has 2 rings (SSSR count). The summed E-state index contributed by atoms with van der Waals surface area (Å²) in [6, 6.07) is 6.95. The lowest BCUT2D eigenvalue weighted by Gasteiger charge is -1.93. The van der Waals surface area contributed by atoms with Gasteiger partial charge in [0.1, 0.15) is 0 Å². The maximum Gasteiger partial charge on any atom is 0.319 e. The van der Waals surface area contributed by atoms with Crippen LogP contribution in [0.3, 0.4) is 0 Å². The molecule has 0 saturated carbocycles. The van der Waals surface area contributed by atoms with E-state index in [-0.39, 0.29) is 4.34 Å². The zero-order valence-corrected chi connectivity index (χ0v) is 9.59. The first-order valence-electron chi connectivity index (χ1n) is 4.29. The lowest BCUT2D eigenvalue weighted by Crippen LogP contribution is -2.14. The van der Waals surface area contributed by atoms with Gasteiger partial charge in [-0.1, -0.05) is 12.1 Å². The number of aromatic nitrogens is 1. The van der Waals surface area contributed by atoms with Crippen LogP contribution in [0.25, 0.3) is 10.2 Å². The summed E-state index contributed by atoms with van der Waals surface area (Å²) < 4.78 is 23.7. The van der Waals surface area contributed by atoms with Crippen molar-refractivity contribution in [3.8, 4) is 0 Å². The molecule has 0 radical (unpaired) electrons. The van der Waals surface area contributed by atoms with Crippen molar-refractivity contribution in [1.29, 1.82) is 0 Å². The molecule has 0 atom stereocenters. The second kappa shape index (κ2) is 3.84. The van der Waals surface area contributed by atoms with Gasteiger partial charge in [-0.2, -0.15) is 0 Å². The monoisotopic (exact) mass is 257 g/mol. The topological polar surface area (TPSA) is 84.3 Å². The van der Waals surface area contributed by atoms with E-state index in [1.54, 1.807) is 24.3 Å². The molecule has 16 heavy (non-hydrogen) atoms. The minimum atomic E-state index is -3.81. The third-order valence-corrected chi connectivity index (χ3v) is 4.95. The van der Waals surface area contributed by atoms with E-state index in [0.29, 0.717) is 5.52 Å². The Hall–Kier alpha value is -1.47. The third kappa shape index (κ3) is 2.05. The summed E-state index contributed by atoms with van der Waals surface area (Å²) >= 11 is 0.984.